The van der Waals surface area contributed by atoms with E-state index in [4.69, 9.17) is 0 Å². The molecular formula is C18H14. The molecular weight excluding hydrogens is 216 g/mol. The van der Waals surface area contributed by atoms with Gasteiger partial charge in [-0.15, -0.1) is 0 Å². The van der Waals surface area contributed by atoms with Gasteiger partial charge < -0.3 is 0 Å². The van der Waals surface area contributed by atoms with Crippen LogP contribution in [0.15, 0.2) is 48.5 Å². The maximum atomic E-state index is 2.36. The zero-order valence-corrected chi connectivity index (χ0v) is 10.4. The van der Waals surface area contributed by atoms with Crippen molar-refractivity contribution in [2.24, 2.45) is 5.92 Å². The van der Waals surface area contributed by atoms with Crippen LogP contribution < -0.4 is 5.22 Å². The highest BCUT2D eigenvalue weighted by Gasteiger charge is 2.09. The van der Waals surface area contributed by atoms with Crippen molar-refractivity contribution in [2.45, 2.75) is 6.92 Å². The summed E-state index contributed by atoms with van der Waals surface area (Å²) in [4.78, 5) is 0. The Balaban J connectivity index is 2.37. The van der Waals surface area contributed by atoms with Gasteiger partial charge in [0.25, 0.3) is 0 Å². The second-order valence-corrected chi connectivity index (χ2v) is 5.15. The van der Waals surface area contributed by atoms with Gasteiger partial charge in [-0.3, -0.25) is 0 Å². The second-order valence-electron chi connectivity index (χ2n) is 5.15. The molecule has 0 fully saturated rings. The van der Waals surface area contributed by atoms with E-state index in [2.05, 4.69) is 67.6 Å². The van der Waals surface area contributed by atoms with Crippen molar-refractivity contribution in [1.82, 2.24) is 0 Å². The molecule has 1 aliphatic carbocycles. The minimum absolute atomic E-state index is 0.498. The van der Waals surface area contributed by atoms with Crippen LogP contribution in [0.1, 0.15) is 12.5 Å². The summed E-state index contributed by atoms with van der Waals surface area (Å²) in [7, 11) is 0. The fourth-order valence-electron chi connectivity index (χ4n) is 3.01. The molecule has 0 aliphatic heterocycles. The van der Waals surface area contributed by atoms with Crippen molar-refractivity contribution in [2.75, 3.05) is 0 Å². The minimum atomic E-state index is 0.498. The van der Waals surface area contributed by atoms with Gasteiger partial charge in [-0.1, -0.05) is 67.6 Å². The van der Waals surface area contributed by atoms with Crippen molar-refractivity contribution in [1.29, 1.82) is 0 Å². The highest BCUT2D eigenvalue weighted by Crippen LogP contribution is 2.29. The lowest BCUT2D eigenvalue weighted by molar-refractivity contribution is 1.01. The fourth-order valence-corrected chi connectivity index (χ4v) is 3.01. The standard InChI is InChI=1S/C18H14/c1-12-5-6-15-8-7-13-3-2-4-14-9-10-16(11-12)18(15)17(13)14/h2-12H,1H3. The average Bonchev–Trinajstić information content (AvgIpc) is 2.56. The lowest BCUT2D eigenvalue weighted by atomic mass is 9.95. The Bertz CT molecular complexity index is 821. The van der Waals surface area contributed by atoms with E-state index in [9.17, 15) is 0 Å². The van der Waals surface area contributed by atoms with Gasteiger partial charge in [0.05, 0.1) is 0 Å². The zero-order valence-electron chi connectivity index (χ0n) is 10.4. The SMILES string of the molecule is CC1C=Cc2ccc3cccc4ccc(c2c34)=C1. The monoisotopic (exact) mass is 230 g/mol. The second kappa shape index (κ2) is 3.46. The predicted octanol–water partition coefficient (Wildman–Crippen LogP) is 4.16. The first-order chi connectivity index (χ1) is 8.83. The molecule has 0 heteroatoms. The van der Waals surface area contributed by atoms with E-state index >= 15 is 0 Å². The quantitative estimate of drug-likeness (QED) is 0.544. The Hall–Kier alpha value is -2.08. The predicted molar refractivity (Wildman–Crippen MR) is 79.3 cm³/mol. The lowest BCUT2D eigenvalue weighted by Crippen LogP contribution is -2.04. The molecule has 86 valence electrons. The van der Waals surface area contributed by atoms with Crippen LogP contribution in [0.4, 0.5) is 0 Å². The van der Waals surface area contributed by atoms with Gasteiger partial charge >= 0.3 is 0 Å². The first-order valence-electron chi connectivity index (χ1n) is 6.47. The molecule has 3 aromatic carbocycles. The number of rotatable bonds is 0. The van der Waals surface area contributed by atoms with E-state index in [1.165, 1.54) is 32.3 Å². The molecule has 4 rings (SSSR count). The van der Waals surface area contributed by atoms with E-state index in [-0.39, 0.29) is 0 Å². The van der Waals surface area contributed by atoms with Crippen molar-refractivity contribution in [3.63, 3.8) is 0 Å². The minimum Gasteiger partial charge on any atom is -0.0773 e. The molecule has 1 unspecified atom stereocenters. The van der Waals surface area contributed by atoms with Crippen molar-refractivity contribution >= 4 is 33.7 Å². The molecule has 0 nitrogen and oxygen atoms in total. The van der Waals surface area contributed by atoms with Crippen molar-refractivity contribution in [3.05, 3.63) is 59.3 Å². The molecule has 1 aliphatic rings. The average molecular weight is 230 g/mol. The topological polar surface area (TPSA) is 0 Å². The summed E-state index contributed by atoms with van der Waals surface area (Å²) in [6.45, 7) is 2.24. The first-order valence-corrected chi connectivity index (χ1v) is 6.47. The van der Waals surface area contributed by atoms with Crippen LogP contribution in [0.2, 0.25) is 0 Å². The van der Waals surface area contributed by atoms with Gasteiger partial charge in [0.15, 0.2) is 0 Å². The fraction of sp³-hybridized carbons (Fsp3) is 0.111. The van der Waals surface area contributed by atoms with E-state index in [0.29, 0.717) is 5.92 Å². The van der Waals surface area contributed by atoms with Gasteiger partial charge in [0.1, 0.15) is 0 Å². The first kappa shape index (κ1) is 9.90. The van der Waals surface area contributed by atoms with E-state index in [0.717, 1.165) is 0 Å². The Labute approximate surface area is 106 Å². The maximum absolute atomic E-state index is 2.36. The third kappa shape index (κ3) is 1.26. The molecule has 0 radical (unpaired) electrons. The van der Waals surface area contributed by atoms with E-state index < -0.39 is 0 Å². The molecule has 0 bridgehead atoms. The van der Waals surface area contributed by atoms with Crippen LogP contribution >= 0.6 is 0 Å². The molecule has 0 saturated heterocycles. The van der Waals surface area contributed by atoms with Gasteiger partial charge in [0.2, 0.25) is 0 Å². The summed E-state index contributed by atoms with van der Waals surface area (Å²) >= 11 is 0. The highest BCUT2D eigenvalue weighted by atomic mass is 14.1. The Kier molecular flexibility index (Phi) is 1.90. The van der Waals surface area contributed by atoms with Crippen LogP contribution in [0.25, 0.3) is 33.7 Å². The number of hydrogen-bond donors (Lipinski definition) is 0. The summed E-state index contributed by atoms with van der Waals surface area (Å²) in [5, 5.41) is 6.86. The van der Waals surface area contributed by atoms with Crippen LogP contribution in [-0.4, -0.2) is 0 Å². The van der Waals surface area contributed by atoms with Crippen LogP contribution in [-0.2, 0) is 0 Å². The van der Waals surface area contributed by atoms with Gasteiger partial charge in [0, 0.05) is 0 Å². The van der Waals surface area contributed by atoms with E-state index in [1.807, 2.05) is 0 Å². The maximum Gasteiger partial charge on any atom is -0.00269 e. The summed E-state index contributed by atoms with van der Waals surface area (Å²) in [6, 6.07) is 15.5. The molecule has 0 N–H and O–H groups in total. The summed E-state index contributed by atoms with van der Waals surface area (Å²) < 4.78 is 0. The molecule has 0 spiro atoms. The molecule has 0 heterocycles. The van der Waals surface area contributed by atoms with Crippen LogP contribution in [0.3, 0.4) is 0 Å². The number of hydrogen-bond acceptors (Lipinski definition) is 0. The van der Waals surface area contributed by atoms with Crippen LogP contribution in [0, 0.1) is 5.92 Å². The van der Waals surface area contributed by atoms with Gasteiger partial charge in [-0.2, -0.15) is 0 Å². The third-order valence-electron chi connectivity index (χ3n) is 3.86. The molecule has 1 atom stereocenters. The Morgan fingerprint density at radius 2 is 1.61 bits per heavy atom. The van der Waals surface area contributed by atoms with Crippen molar-refractivity contribution < 1.29 is 0 Å². The summed E-state index contributed by atoms with van der Waals surface area (Å²) in [5.74, 6) is 0.498. The molecule has 0 aromatic heterocycles. The molecule has 0 saturated carbocycles. The Morgan fingerprint density at radius 3 is 2.44 bits per heavy atom. The van der Waals surface area contributed by atoms with Gasteiger partial charge in [-0.05, 0) is 38.2 Å². The summed E-state index contributed by atoms with van der Waals surface area (Å²) in [6.07, 6.45) is 6.90. The molecule has 3 aromatic rings. The highest BCUT2D eigenvalue weighted by molar-refractivity contribution is 6.13. The van der Waals surface area contributed by atoms with Gasteiger partial charge in [-0.25, -0.2) is 0 Å². The summed E-state index contributed by atoms with van der Waals surface area (Å²) in [5.41, 5.74) is 1.34. The zero-order chi connectivity index (χ0) is 12.1. The van der Waals surface area contributed by atoms with E-state index in [1.54, 1.807) is 0 Å². The number of benzene rings is 3. The molecule has 18 heavy (non-hydrogen) atoms. The normalized spacial score (nSPS) is 17.9. The largest absolute Gasteiger partial charge is 0.0773 e. The molecule has 0 amide bonds. The van der Waals surface area contributed by atoms with Crippen LogP contribution in [0.5, 0.6) is 0 Å². The third-order valence-corrected chi connectivity index (χ3v) is 3.86. The number of allylic oxidation sites excluding steroid dienone is 1. The Morgan fingerprint density at radius 1 is 0.833 bits per heavy atom. The van der Waals surface area contributed by atoms with Crippen molar-refractivity contribution in [3.8, 4) is 0 Å². The lowest BCUT2D eigenvalue weighted by Gasteiger charge is -2.08. The smallest absolute Gasteiger partial charge is 0.00269 e.